The third-order valence-electron chi connectivity index (χ3n) is 3.84. The quantitative estimate of drug-likeness (QED) is 0.615. The van der Waals surface area contributed by atoms with Crippen LogP contribution in [0.4, 0.5) is 10.5 Å². The lowest BCUT2D eigenvalue weighted by Gasteiger charge is -2.23. The van der Waals surface area contributed by atoms with Gasteiger partial charge in [0.25, 0.3) is 5.91 Å². The number of carbonyl (C=O) groups excluding carboxylic acids is 2. The molecule has 0 aliphatic carbocycles. The monoisotopic (exact) mass is 369 g/mol. The first-order valence-electron chi connectivity index (χ1n) is 8.26. The van der Waals surface area contributed by atoms with Gasteiger partial charge in [0.05, 0.1) is 10.6 Å². The molecule has 3 amide bonds. The fourth-order valence-corrected chi connectivity index (χ4v) is 3.51. The maximum atomic E-state index is 12.6. The highest BCUT2D eigenvalue weighted by molar-refractivity contribution is 7.15. The van der Waals surface area contributed by atoms with Crippen molar-refractivity contribution in [2.24, 2.45) is 5.73 Å². The van der Waals surface area contributed by atoms with Crippen LogP contribution in [0.5, 0.6) is 0 Å². The maximum Gasteiger partial charge on any atom is 0.316 e. The molecule has 26 heavy (non-hydrogen) atoms. The second-order valence-electron chi connectivity index (χ2n) is 5.85. The van der Waals surface area contributed by atoms with Crippen molar-refractivity contribution in [3.8, 4) is 11.8 Å². The van der Waals surface area contributed by atoms with Gasteiger partial charge in [-0.05, 0) is 37.6 Å². The number of primary amides is 1. The molecule has 1 atom stereocenters. The number of rotatable bonds is 3. The van der Waals surface area contributed by atoms with Crippen LogP contribution in [-0.2, 0) is 0 Å². The molecule has 8 heteroatoms. The van der Waals surface area contributed by atoms with E-state index < -0.39 is 6.03 Å². The number of nitrogens with two attached hydrogens (primary N) is 1. The molecular weight excluding hydrogens is 350 g/mol. The smallest absolute Gasteiger partial charge is 0.316 e. The summed E-state index contributed by atoms with van der Waals surface area (Å²) in [7, 11) is 0. The fraction of sp³-hybridized carbons (Fsp3) is 0.278. The van der Waals surface area contributed by atoms with Gasteiger partial charge in [0.1, 0.15) is 4.88 Å². The number of hydrogen-bond donors (Lipinski definition) is 4. The van der Waals surface area contributed by atoms with Crippen LogP contribution < -0.4 is 21.7 Å². The molecule has 7 nitrogen and oxygen atoms in total. The Morgan fingerprint density at radius 2 is 2.12 bits per heavy atom. The molecule has 3 rings (SSSR count). The SMILES string of the molecule is NC(=O)Nc1cc(C#Cc2ccncc2)sc1C(=O)NC1CCCNC1. The van der Waals surface area contributed by atoms with Crippen LogP contribution in [0.3, 0.4) is 0 Å². The Balaban J connectivity index is 1.81. The topological polar surface area (TPSA) is 109 Å². The van der Waals surface area contributed by atoms with Gasteiger partial charge >= 0.3 is 6.03 Å². The van der Waals surface area contributed by atoms with Crippen LogP contribution in [0.15, 0.2) is 30.6 Å². The van der Waals surface area contributed by atoms with Crippen LogP contribution in [-0.4, -0.2) is 36.1 Å². The van der Waals surface area contributed by atoms with E-state index in [-0.39, 0.29) is 11.9 Å². The molecule has 5 N–H and O–H groups in total. The largest absolute Gasteiger partial charge is 0.351 e. The molecule has 0 spiro atoms. The summed E-state index contributed by atoms with van der Waals surface area (Å²) in [4.78, 5) is 28.9. The molecule has 1 saturated heterocycles. The van der Waals surface area contributed by atoms with Crippen LogP contribution >= 0.6 is 11.3 Å². The average molecular weight is 369 g/mol. The zero-order valence-corrected chi connectivity index (χ0v) is 14.9. The average Bonchev–Trinajstić information content (AvgIpc) is 3.04. The van der Waals surface area contributed by atoms with E-state index in [4.69, 9.17) is 5.73 Å². The number of nitrogens with zero attached hydrogens (tertiary/aromatic N) is 1. The number of aromatic nitrogens is 1. The molecule has 0 bridgehead atoms. The van der Waals surface area contributed by atoms with Gasteiger partial charge in [-0.3, -0.25) is 9.78 Å². The lowest BCUT2D eigenvalue weighted by atomic mass is 10.1. The molecular formula is C18H19N5O2S. The molecule has 2 aromatic rings. The molecule has 0 aromatic carbocycles. The van der Waals surface area contributed by atoms with Crippen LogP contribution in [0.25, 0.3) is 0 Å². The first-order chi connectivity index (χ1) is 12.6. The minimum Gasteiger partial charge on any atom is -0.351 e. The van der Waals surface area contributed by atoms with Gasteiger partial charge in [0.15, 0.2) is 0 Å². The van der Waals surface area contributed by atoms with Crippen molar-refractivity contribution in [1.82, 2.24) is 15.6 Å². The zero-order valence-electron chi connectivity index (χ0n) is 14.0. The van der Waals surface area contributed by atoms with E-state index in [9.17, 15) is 9.59 Å². The van der Waals surface area contributed by atoms with Crippen LogP contribution in [0.1, 0.15) is 33.0 Å². The molecule has 1 unspecified atom stereocenters. The number of anilines is 1. The molecule has 1 fully saturated rings. The normalized spacial score (nSPS) is 16.2. The van der Waals surface area contributed by atoms with Gasteiger partial charge in [-0.2, -0.15) is 0 Å². The fourth-order valence-electron chi connectivity index (χ4n) is 2.64. The summed E-state index contributed by atoms with van der Waals surface area (Å²) in [6.45, 7) is 1.71. The standard InChI is InChI=1S/C18H19N5O2S/c19-18(25)23-15-10-14(4-3-12-5-8-20-9-6-12)26-16(15)17(24)22-13-2-1-7-21-11-13/h5-6,8-10,13,21H,1-2,7,11H2,(H,22,24)(H3,19,23,25). The Labute approximate surface area is 155 Å². The maximum absolute atomic E-state index is 12.6. The Bertz CT molecular complexity index is 847. The van der Waals surface area contributed by atoms with Gasteiger partial charge in [-0.15, -0.1) is 11.3 Å². The first-order valence-corrected chi connectivity index (χ1v) is 9.07. The highest BCUT2D eigenvalue weighted by Crippen LogP contribution is 2.27. The Kier molecular flexibility index (Phi) is 5.84. The van der Waals surface area contributed by atoms with Gasteiger partial charge in [0.2, 0.25) is 0 Å². The highest BCUT2D eigenvalue weighted by atomic mass is 32.1. The number of pyridine rings is 1. The van der Waals surface area contributed by atoms with Gasteiger partial charge in [0, 0.05) is 30.5 Å². The van der Waals surface area contributed by atoms with E-state index in [1.165, 1.54) is 11.3 Å². The molecule has 0 radical (unpaired) electrons. The summed E-state index contributed by atoms with van der Waals surface area (Å²) in [6, 6.07) is 4.62. The zero-order chi connectivity index (χ0) is 18.4. The van der Waals surface area contributed by atoms with E-state index in [1.54, 1.807) is 30.6 Å². The number of piperidine rings is 1. The van der Waals surface area contributed by atoms with Gasteiger partial charge < -0.3 is 21.7 Å². The molecule has 1 aliphatic rings. The van der Waals surface area contributed by atoms with Gasteiger partial charge in [-0.1, -0.05) is 11.8 Å². The molecule has 3 heterocycles. The van der Waals surface area contributed by atoms with Gasteiger partial charge in [-0.25, -0.2) is 4.79 Å². The van der Waals surface area contributed by atoms with Crippen molar-refractivity contribution < 1.29 is 9.59 Å². The second-order valence-corrected chi connectivity index (χ2v) is 6.90. The second kappa shape index (κ2) is 8.47. The minimum absolute atomic E-state index is 0.0751. The summed E-state index contributed by atoms with van der Waals surface area (Å²) in [5.74, 6) is 5.79. The summed E-state index contributed by atoms with van der Waals surface area (Å²) in [5.41, 5.74) is 6.42. The minimum atomic E-state index is -0.718. The van der Waals surface area contributed by atoms with E-state index in [1.807, 2.05) is 0 Å². The highest BCUT2D eigenvalue weighted by Gasteiger charge is 2.21. The predicted molar refractivity (Wildman–Crippen MR) is 101 cm³/mol. The number of amides is 3. The van der Waals surface area contributed by atoms with Crippen molar-refractivity contribution in [2.45, 2.75) is 18.9 Å². The van der Waals surface area contributed by atoms with Crippen molar-refractivity contribution in [2.75, 3.05) is 18.4 Å². The Hall–Kier alpha value is -2.89. The van der Waals surface area contributed by atoms with Crippen molar-refractivity contribution in [3.63, 3.8) is 0 Å². The van der Waals surface area contributed by atoms with Crippen molar-refractivity contribution in [1.29, 1.82) is 0 Å². The van der Waals surface area contributed by atoms with Crippen LogP contribution in [0.2, 0.25) is 0 Å². The Morgan fingerprint density at radius 1 is 1.31 bits per heavy atom. The van der Waals surface area contributed by atoms with Crippen molar-refractivity contribution >= 4 is 29.0 Å². The van der Waals surface area contributed by atoms with E-state index >= 15 is 0 Å². The number of urea groups is 1. The Morgan fingerprint density at radius 3 is 2.81 bits per heavy atom. The number of carbonyl (C=O) groups is 2. The molecule has 1 aliphatic heterocycles. The van der Waals surface area contributed by atoms with E-state index in [0.717, 1.165) is 31.5 Å². The summed E-state index contributed by atoms with van der Waals surface area (Å²) in [6.07, 6.45) is 5.27. The predicted octanol–water partition coefficient (Wildman–Crippen LogP) is 1.52. The number of thiophene rings is 1. The summed E-state index contributed by atoms with van der Waals surface area (Å²) >= 11 is 1.23. The molecule has 2 aromatic heterocycles. The lowest BCUT2D eigenvalue weighted by Crippen LogP contribution is -2.45. The number of nitrogens with one attached hydrogen (secondary N) is 3. The summed E-state index contributed by atoms with van der Waals surface area (Å²) < 4.78 is 0. The number of hydrogen-bond acceptors (Lipinski definition) is 5. The lowest BCUT2D eigenvalue weighted by molar-refractivity contribution is 0.0935. The van der Waals surface area contributed by atoms with E-state index in [2.05, 4.69) is 32.8 Å². The summed E-state index contributed by atoms with van der Waals surface area (Å²) in [5, 5.41) is 8.76. The third-order valence-corrected chi connectivity index (χ3v) is 4.89. The third kappa shape index (κ3) is 4.81. The van der Waals surface area contributed by atoms with Crippen LogP contribution in [0, 0.1) is 11.8 Å². The van der Waals surface area contributed by atoms with E-state index in [0.29, 0.717) is 15.4 Å². The first kappa shape index (κ1) is 17.9. The molecule has 134 valence electrons. The van der Waals surface area contributed by atoms with Crippen molar-refractivity contribution in [3.05, 3.63) is 45.9 Å². The molecule has 0 saturated carbocycles.